The molecule has 0 rings (SSSR count). The van der Waals surface area contributed by atoms with E-state index in [2.05, 4.69) is 39.5 Å². The van der Waals surface area contributed by atoms with Gasteiger partial charge in [0.15, 0.2) is 0 Å². The Hall–Kier alpha value is -1.44. The van der Waals surface area contributed by atoms with Crippen LogP contribution in [0.1, 0.15) is 0 Å². The Bertz CT molecular complexity index is 43.2. The van der Waals surface area contributed by atoms with Crippen LogP contribution in [-0.2, 0) is 0 Å². The molecule has 0 bridgehead atoms. The maximum Gasteiger partial charge on any atom is 0.0719 e. The molecule has 0 aromatic heterocycles. The minimum atomic E-state index is 0.750. The third-order valence-electron chi connectivity index (χ3n) is 0. The molecule has 0 heterocycles. The van der Waals surface area contributed by atoms with Crippen LogP contribution in [-0.4, -0.2) is 10.2 Å². The Morgan fingerprint density at radius 3 is 0.700 bits per heavy atom. The standard InChI is InChI=1S/2C2H4O.2C2H4/c2*1-2-3;2*1-2/h2*2-3H,1H2;2*1-2H2. The second-order valence-electron chi connectivity index (χ2n) is 0.365. The summed E-state index contributed by atoms with van der Waals surface area (Å²) in [5.74, 6) is 0. The van der Waals surface area contributed by atoms with Crippen molar-refractivity contribution in [1.82, 2.24) is 0 Å². The summed E-state index contributed by atoms with van der Waals surface area (Å²) in [4.78, 5) is 0. The van der Waals surface area contributed by atoms with E-state index in [9.17, 15) is 0 Å². The fourth-order valence-electron chi connectivity index (χ4n) is 0. The Labute approximate surface area is 63.1 Å². The predicted molar refractivity (Wildman–Crippen MR) is 48.2 cm³/mol. The van der Waals surface area contributed by atoms with Gasteiger partial charge in [-0.15, -0.1) is 26.3 Å². The largest absolute Gasteiger partial charge is 0.516 e. The summed E-state index contributed by atoms with van der Waals surface area (Å²) >= 11 is 0. The van der Waals surface area contributed by atoms with Crippen LogP contribution in [0.25, 0.3) is 0 Å². The summed E-state index contributed by atoms with van der Waals surface area (Å²) in [5, 5.41) is 14.7. The van der Waals surface area contributed by atoms with E-state index in [0.29, 0.717) is 0 Å². The van der Waals surface area contributed by atoms with Crippen molar-refractivity contribution in [3.63, 3.8) is 0 Å². The van der Waals surface area contributed by atoms with E-state index >= 15 is 0 Å². The molecule has 0 saturated carbocycles. The first kappa shape index (κ1) is 23.5. The van der Waals surface area contributed by atoms with Gasteiger partial charge in [-0.05, 0) is 0 Å². The van der Waals surface area contributed by atoms with E-state index in [1.807, 2.05) is 0 Å². The highest BCUT2D eigenvalue weighted by Crippen LogP contribution is 1.26. The van der Waals surface area contributed by atoms with Crippen molar-refractivity contribution in [3.8, 4) is 0 Å². The van der Waals surface area contributed by atoms with Crippen molar-refractivity contribution >= 4 is 0 Å². The van der Waals surface area contributed by atoms with Gasteiger partial charge >= 0.3 is 0 Å². The first-order valence-corrected chi connectivity index (χ1v) is 2.33. The second kappa shape index (κ2) is 1040. The lowest BCUT2D eigenvalue weighted by Crippen LogP contribution is -1.25. The molecule has 0 aromatic carbocycles. The van der Waals surface area contributed by atoms with E-state index in [-0.39, 0.29) is 0 Å². The number of aliphatic hydroxyl groups excluding tert-OH is 2. The summed E-state index contributed by atoms with van der Waals surface area (Å²) in [6, 6.07) is 0. The quantitative estimate of drug-likeness (QED) is 0.405. The molecule has 10 heavy (non-hydrogen) atoms. The van der Waals surface area contributed by atoms with E-state index in [1.165, 1.54) is 0 Å². The van der Waals surface area contributed by atoms with Gasteiger partial charge in [-0.2, -0.15) is 0 Å². The van der Waals surface area contributed by atoms with Crippen molar-refractivity contribution in [2.75, 3.05) is 0 Å². The summed E-state index contributed by atoms with van der Waals surface area (Å²) in [5.41, 5.74) is 0. The molecule has 0 atom stereocenters. The SMILES string of the molecule is C=C.C=C.C=CO.C=CO. The minimum absolute atomic E-state index is 0.750. The monoisotopic (exact) mass is 144 g/mol. The Morgan fingerprint density at radius 2 is 0.700 bits per heavy atom. The molecular formula is C8H16O2. The highest BCUT2D eigenvalue weighted by molar-refractivity contribution is 4.38. The van der Waals surface area contributed by atoms with Gasteiger partial charge in [0.1, 0.15) is 0 Å². The lowest BCUT2D eigenvalue weighted by molar-refractivity contribution is 0.475. The van der Waals surface area contributed by atoms with Gasteiger partial charge in [0.2, 0.25) is 0 Å². The van der Waals surface area contributed by atoms with Crippen molar-refractivity contribution < 1.29 is 10.2 Å². The topological polar surface area (TPSA) is 40.5 Å². The summed E-state index contributed by atoms with van der Waals surface area (Å²) < 4.78 is 0. The number of aliphatic hydroxyl groups is 2. The molecular weight excluding hydrogens is 128 g/mol. The van der Waals surface area contributed by atoms with Gasteiger partial charge < -0.3 is 10.2 Å². The first-order valence-electron chi connectivity index (χ1n) is 2.33. The third kappa shape index (κ3) is 97.8. The van der Waals surface area contributed by atoms with E-state index < -0.39 is 0 Å². The van der Waals surface area contributed by atoms with E-state index in [4.69, 9.17) is 10.2 Å². The van der Waals surface area contributed by atoms with Crippen LogP contribution >= 0.6 is 0 Å². The highest BCUT2D eigenvalue weighted by Gasteiger charge is 1.11. The van der Waals surface area contributed by atoms with Crippen LogP contribution in [0, 0.1) is 0 Å². The maximum atomic E-state index is 7.33. The summed E-state index contributed by atoms with van der Waals surface area (Å²) in [6.07, 6.45) is 1.50. The zero-order chi connectivity index (χ0) is 9.41. The van der Waals surface area contributed by atoms with Crippen LogP contribution in [0.4, 0.5) is 0 Å². The first-order chi connectivity index (χ1) is 4.83. The number of hydrogen-bond donors (Lipinski definition) is 2. The van der Waals surface area contributed by atoms with Crippen molar-refractivity contribution in [3.05, 3.63) is 52.0 Å². The average Bonchev–Trinajstić information content (AvgIpc) is 1.99. The summed E-state index contributed by atoms with van der Waals surface area (Å²) in [6.45, 7) is 17.8. The molecule has 0 radical (unpaired) electrons. The second-order valence-corrected chi connectivity index (χ2v) is 0.365. The number of hydrogen-bond acceptors (Lipinski definition) is 2. The third-order valence-corrected chi connectivity index (χ3v) is 0. The fraction of sp³-hybridized carbons (Fsp3) is 0. The van der Waals surface area contributed by atoms with Crippen molar-refractivity contribution in [2.45, 2.75) is 0 Å². The van der Waals surface area contributed by atoms with Gasteiger partial charge in [-0.1, -0.05) is 13.2 Å². The summed E-state index contributed by atoms with van der Waals surface area (Å²) in [7, 11) is 0. The van der Waals surface area contributed by atoms with Crippen LogP contribution < -0.4 is 0 Å². The smallest absolute Gasteiger partial charge is 0.0719 e. The Morgan fingerprint density at radius 1 is 0.700 bits per heavy atom. The van der Waals surface area contributed by atoms with Gasteiger partial charge in [0.25, 0.3) is 0 Å². The molecule has 60 valence electrons. The molecule has 0 aliphatic rings. The number of rotatable bonds is 0. The van der Waals surface area contributed by atoms with Gasteiger partial charge in [0.05, 0.1) is 12.5 Å². The zero-order valence-corrected chi connectivity index (χ0v) is 6.29. The Balaban J connectivity index is -0.0000000246. The molecule has 0 saturated heterocycles. The fourth-order valence-corrected chi connectivity index (χ4v) is 0. The molecule has 0 fully saturated rings. The maximum absolute atomic E-state index is 7.33. The van der Waals surface area contributed by atoms with Crippen LogP contribution in [0.3, 0.4) is 0 Å². The molecule has 0 aromatic rings. The normalized spacial score (nSPS) is 3.20. The van der Waals surface area contributed by atoms with Crippen molar-refractivity contribution in [2.24, 2.45) is 0 Å². The Kier molecular flexibility index (Phi) is 2440. The van der Waals surface area contributed by atoms with E-state index in [1.54, 1.807) is 0 Å². The molecule has 0 amide bonds. The van der Waals surface area contributed by atoms with Gasteiger partial charge in [-0.25, -0.2) is 0 Å². The van der Waals surface area contributed by atoms with Crippen LogP contribution in [0.15, 0.2) is 52.0 Å². The zero-order valence-electron chi connectivity index (χ0n) is 6.29. The lowest BCUT2D eigenvalue weighted by atomic mass is 11.2. The lowest BCUT2D eigenvalue weighted by Gasteiger charge is -1.41. The molecule has 0 aliphatic carbocycles. The predicted octanol–water partition coefficient (Wildman–Crippen LogP) is 2.98. The van der Waals surface area contributed by atoms with Crippen LogP contribution in [0.5, 0.6) is 0 Å². The van der Waals surface area contributed by atoms with Crippen molar-refractivity contribution in [1.29, 1.82) is 0 Å². The molecule has 2 heteroatoms. The average molecular weight is 144 g/mol. The molecule has 2 nitrogen and oxygen atoms in total. The van der Waals surface area contributed by atoms with Gasteiger partial charge in [-0.3, -0.25) is 0 Å². The highest BCUT2D eigenvalue weighted by atomic mass is 16.2. The molecule has 0 aliphatic heterocycles. The van der Waals surface area contributed by atoms with Gasteiger partial charge in [0, 0.05) is 0 Å². The van der Waals surface area contributed by atoms with Crippen LogP contribution in [0.2, 0.25) is 0 Å². The van der Waals surface area contributed by atoms with E-state index in [0.717, 1.165) is 12.5 Å². The molecule has 2 N–H and O–H groups in total. The minimum Gasteiger partial charge on any atom is -0.516 e. The molecule has 0 spiro atoms. The molecule has 0 unspecified atom stereocenters.